The second kappa shape index (κ2) is 17.5. The molecule has 0 aliphatic carbocycles. The van der Waals surface area contributed by atoms with Crippen molar-refractivity contribution in [1.82, 2.24) is 30.1 Å². The Labute approximate surface area is 254 Å². The Morgan fingerprint density at radius 3 is 1.38 bits per heavy atom. The summed E-state index contributed by atoms with van der Waals surface area (Å²) in [5.41, 5.74) is 0. The Hall–Kier alpha value is -3.94. The first-order chi connectivity index (χ1) is 21.1. The number of nitrogens with zero attached hydrogens (tertiary/aromatic N) is 3. The molecule has 0 radical (unpaired) electrons. The minimum atomic E-state index is -4.17. The lowest BCUT2D eigenvalue weighted by Gasteiger charge is -2.17. The number of nitrogens with one attached hydrogen (secondary N) is 4. The Morgan fingerprint density at radius 2 is 0.978 bits per heavy atom. The van der Waals surface area contributed by atoms with Crippen LogP contribution in [0.25, 0.3) is 0 Å². The van der Waals surface area contributed by atoms with Gasteiger partial charge < -0.3 is 24.5 Å². The molecule has 0 spiro atoms. The van der Waals surface area contributed by atoms with Crippen molar-refractivity contribution >= 4 is 62.8 Å². The van der Waals surface area contributed by atoms with Gasteiger partial charge in [0.25, 0.3) is 23.6 Å². The third-order valence-electron chi connectivity index (χ3n) is 5.55. The van der Waals surface area contributed by atoms with Crippen molar-refractivity contribution in [2.45, 2.75) is 25.7 Å². The molecule has 2 aliphatic heterocycles. The normalized spacial score (nSPS) is 17.5. The molecule has 2 unspecified atom stereocenters. The molecule has 2 heterocycles. The van der Waals surface area contributed by atoms with E-state index in [4.69, 9.17) is 9.94 Å². The van der Waals surface area contributed by atoms with Gasteiger partial charge in [-0.2, -0.15) is 0 Å². The van der Waals surface area contributed by atoms with E-state index in [0.717, 1.165) is 34.1 Å². The zero-order valence-corrected chi connectivity index (χ0v) is 25.2. The number of carbonyl (C=O) groups is 7. The molecule has 2 rings (SSSR count). The van der Waals surface area contributed by atoms with Crippen LogP contribution < -0.4 is 20.3 Å². The van der Waals surface area contributed by atoms with E-state index >= 15 is 0 Å². The molecule has 23 heteroatoms. The predicted molar refractivity (Wildman–Crippen MR) is 148 cm³/mol. The van der Waals surface area contributed by atoms with E-state index in [-0.39, 0.29) is 32.7 Å². The number of oxime groups is 1. The lowest BCUT2D eigenvalue weighted by atomic mass is 10.3. The summed E-state index contributed by atoms with van der Waals surface area (Å²) in [5.74, 6) is -6.05. The number of carbonyl (C=O) groups excluding carboxylic acids is 7. The number of rotatable bonds is 19. The van der Waals surface area contributed by atoms with Gasteiger partial charge in [0.1, 0.15) is 0 Å². The van der Waals surface area contributed by atoms with Crippen molar-refractivity contribution in [1.29, 1.82) is 0 Å². The van der Waals surface area contributed by atoms with Crippen LogP contribution in [0.15, 0.2) is 29.5 Å². The fourth-order valence-electron chi connectivity index (χ4n) is 3.40. The van der Waals surface area contributed by atoms with E-state index in [2.05, 4.69) is 30.2 Å². The van der Waals surface area contributed by atoms with Crippen molar-refractivity contribution in [2.75, 3.05) is 39.3 Å². The van der Waals surface area contributed by atoms with Crippen LogP contribution in [0, 0.1) is 0 Å². The van der Waals surface area contributed by atoms with Gasteiger partial charge in [-0.15, -0.1) is 0 Å². The predicted octanol–water partition coefficient (Wildman–Crippen LogP) is -2.64. The average Bonchev–Trinajstić information content (AvgIpc) is 3.45. The second-order valence-corrected chi connectivity index (χ2v) is 12.5. The number of imide groups is 2. The number of ether oxygens (including phenoxy) is 2. The zero-order valence-electron chi connectivity index (χ0n) is 23.4. The molecule has 4 amide bonds. The van der Waals surface area contributed by atoms with Crippen LogP contribution in [-0.4, -0.2) is 111 Å². The van der Waals surface area contributed by atoms with Gasteiger partial charge in [0.15, 0.2) is 0 Å². The summed E-state index contributed by atoms with van der Waals surface area (Å²) in [7, 11) is -8.34. The summed E-state index contributed by atoms with van der Waals surface area (Å²) in [5, 5.41) is 20.5. The minimum Gasteiger partial charge on any atom is -0.408 e. The summed E-state index contributed by atoms with van der Waals surface area (Å²) in [4.78, 5) is 103. The average molecular weight is 679 g/mol. The summed E-state index contributed by atoms with van der Waals surface area (Å²) in [6.45, 7) is -1.55. The molecular formula is C22H31N7O14P2. The number of esters is 3. The molecule has 7 N–H and O–H groups in total. The number of hydrogen-bond acceptors (Lipinski definition) is 13. The van der Waals surface area contributed by atoms with E-state index in [1.165, 1.54) is 0 Å². The first-order valence-corrected chi connectivity index (χ1v) is 16.3. The third kappa shape index (κ3) is 13.7. The molecule has 0 aromatic carbocycles. The zero-order chi connectivity index (χ0) is 33.6. The van der Waals surface area contributed by atoms with Gasteiger partial charge in [0.05, 0.1) is 19.3 Å². The van der Waals surface area contributed by atoms with Gasteiger partial charge in [-0.25, -0.2) is 20.3 Å². The smallest absolute Gasteiger partial charge is 0.338 e. The van der Waals surface area contributed by atoms with Crippen LogP contribution in [0.4, 0.5) is 0 Å². The van der Waals surface area contributed by atoms with E-state index in [0.29, 0.717) is 0 Å². The fourth-order valence-corrected chi connectivity index (χ4v) is 5.26. The van der Waals surface area contributed by atoms with Crippen LogP contribution in [0.2, 0.25) is 0 Å². The highest BCUT2D eigenvalue weighted by molar-refractivity contribution is 7.53. The molecule has 45 heavy (non-hydrogen) atoms. The van der Waals surface area contributed by atoms with E-state index < -0.39 is 95.0 Å². The molecule has 0 aromatic heterocycles. The van der Waals surface area contributed by atoms with Crippen LogP contribution in [0.3, 0.4) is 0 Å². The maximum absolute atomic E-state index is 12.1. The van der Waals surface area contributed by atoms with Crippen molar-refractivity contribution in [3.05, 3.63) is 24.3 Å². The largest absolute Gasteiger partial charge is 0.408 e. The topological polar surface area (TPSA) is 300 Å². The van der Waals surface area contributed by atoms with Crippen molar-refractivity contribution in [3.8, 4) is 0 Å². The first kappa shape index (κ1) is 37.2. The van der Waals surface area contributed by atoms with E-state index in [1.54, 1.807) is 0 Å². The highest BCUT2D eigenvalue weighted by Crippen LogP contribution is 2.29. The summed E-state index contributed by atoms with van der Waals surface area (Å²) < 4.78 is 33.4. The second-order valence-electron chi connectivity index (χ2n) is 8.92. The molecule has 0 aromatic rings. The molecule has 0 fully saturated rings. The van der Waals surface area contributed by atoms with Gasteiger partial charge in [-0.05, 0) is 0 Å². The van der Waals surface area contributed by atoms with Crippen LogP contribution in [0.1, 0.15) is 25.7 Å². The lowest BCUT2D eigenvalue weighted by molar-refractivity contribution is -0.159. The van der Waals surface area contributed by atoms with Crippen molar-refractivity contribution in [3.63, 3.8) is 0 Å². The van der Waals surface area contributed by atoms with Crippen LogP contribution >= 0.6 is 15.3 Å². The highest BCUT2D eigenvalue weighted by atomic mass is 31.2. The Balaban J connectivity index is 1.58. The van der Waals surface area contributed by atoms with E-state index in [9.17, 15) is 52.5 Å². The van der Waals surface area contributed by atoms with Gasteiger partial charge in [0, 0.05) is 70.0 Å². The number of hydrogen-bond donors (Lipinski definition) is 7. The third-order valence-corrected chi connectivity index (χ3v) is 8.16. The van der Waals surface area contributed by atoms with Crippen molar-refractivity contribution in [2.24, 2.45) is 5.16 Å². The standard InChI is InChI=1S/C22H31N7O14P2/c30-16-2-3-17(31)28(16)13-11-25-44(38,39)23-9-7-21(35)42-15(27-37)1-6-20(34)43-22(36)8-10-24-45(40,41)26-12-14-29-18(32)4-5-19(29)33/h2-5,37H,1,6-14H2,(H3,23,25,38,39)(H3,24,26,40,41)/b27-15-. The number of amides is 4. The lowest BCUT2D eigenvalue weighted by Crippen LogP contribution is -2.37. The van der Waals surface area contributed by atoms with Gasteiger partial charge in [0.2, 0.25) is 5.90 Å². The Kier molecular flexibility index (Phi) is 14.5. The monoisotopic (exact) mass is 679 g/mol. The minimum absolute atomic E-state index is 0.171. The highest BCUT2D eigenvalue weighted by Gasteiger charge is 2.26. The SMILES string of the molecule is O=C(CCNP(=O)(O)NCCN1C(=O)C=CC1=O)OC(=O)CC/C(=N/O)OC(=O)CCNP(=O)(O)NCCN1C(=O)C=CC1=O. The summed E-state index contributed by atoms with van der Waals surface area (Å²) in [6.07, 6.45) is 2.20. The molecule has 2 atom stereocenters. The first-order valence-electron chi connectivity index (χ1n) is 13.0. The maximum Gasteiger partial charge on any atom is 0.338 e. The summed E-state index contributed by atoms with van der Waals surface area (Å²) in [6, 6.07) is 0. The molecule has 2 aliphatic rings. The molecule has 21 nitrogen and oxygen atoms in total. The van der Waals surface area contributed by atoms with Crippen LogP contribution in [-0.2, 0) is 52.2 Å². The molecule has 0 saturated carbocycles. The maximum atomic E-state index is 12.1. The fraction of sp³-hybridized carbons (Fsp3) is 0.455. The van der Waals surface area contributed by atoms with E-state index in [1.807, 2.05) is 0 Å². The molecule has 0 saturated heterocycles. The van der Waals surface area contributed by atoms with Gasteiger partial charge >= 0.3 is 33.2 Å². The quantitative estimate of drug-likeness (QED) is 0.0107. The Bertz CT molecular complexity index is 1350. The summed E-state index contributed by atoms with van der Waals surface area (Å²) >= 11 is 0. The molecular weight excluding hydrogens is 648 g/mol. The van der Waals surface area contributed by atoms with Gasteiger partial charge in [-0.3, -0.25) is 52.5 Å². The Morgan fingerprint density at radius 1 is 0.622 bits per heavy atom. The van der Waals surface area contributed by atoms with Crippen LogP contribution in [0.5, 0.6) is 0 Å². The molecule has 0 bridgehead atoms. The van der Waals surface area contributed by atoms with Gasteiger partial charge in [-0.1, -0.05) is 5.16 Å². The molecule has 248 valence electrons. The van der Waals surface area contributed by atoms with Crippen molar-refractivity contribution < 1.29 is 67.2 Å².